The summed E-state index contributed by atoms with van der Waals surface area (Å²) in [4.78, 5) is 11.8. The van der Waals surface area contributed by atoms with Gasteiger partial charge in [0.1, 0.15) is 0 Å². The minimum absolute atomic E-state index is 0.198. The Labute approximate surface area is 121 Å². The van der Waals surface area contributed by atoms with Crippen LogP contribution in [0.2, 0.25) is 0 Å². The molecule has 110 valence electrons. The number of carboxylic acid groups (broad SMARTS) is 1. The predicted octanol–water partition coefficient (Wildman–Crippen LogP) is 4.85. The van der Waals surface area contributed by atoms with Crippen LogP contribution in [0.4, 0.5) is 0 Å². The van der Waals surface area contributed by atoms with Crippen molar-refractivity contribution in [3.05, 3.63) is 0 Å². The third kappa shape index (κ3) is 3.26. The summed E-state index contributed by atoms with van der Waals surface area (Å²) in [6.07, 6.45) is 10.6. The highest BCUT2D eigenvalue weighted by Crippen LogP contribution is 2.50. The molecule has 3 heteroatoms. The van der Waals surface area contributed by atoms with E-state index in [0.29, 0.717) is 5.92 Å². The molecule has 2 saturated carbocycles. The summed E-state index contributed by atoms with van der Waals surface area (Å²) in [5.41, 5.74) is -0.456. The number of alkyl halides is 1. The molecule has 2 aliphatic carbocycles. The molecule has 0 radical (unpaired) electrons. The molecule has 0 heterocycles. The molecule has 0 amide bonds. The molecule has 2 fully saturated rings. The van der Waals surface area contributed by atoms with Crippen molar-refractivity contribution in [2.75, 3.05) is 0 Å². The largest absolute Gasteiger partial charge is 0.481 e. The number of aliphatic carboxylic acids is 1. The molecule has 1 N–H and O–H groups in total. The van der Waals surface area contributed by atoms with Gasteiger partial charge in [0.05, 0.1) is 5.41 Å². The highest BCUT2D eigenvalue weighted by Gasteiger charge is 2.48. The molecule has 0 aliphatic heterocycles. The fourth-order valence-corrected chi connectivity index (χ4v) is 4.52. The highest BCUT2D eigenvalue weighted by atomic mass is 35.5. The van der Waals surface area contributed by atoms with E-state index in [4.69, 9.17) is 11.6 Å². The second-order valence-electron chi connectivity index (χ2n) is 6.64. The van der Waals surface area contributed by atoms with Crippen LogP contribution in [0.5, 0.6) is 0 Å². The zero-order valence-corrected chi connectivity index (χ0v) is 12.8. The van der Waals surface area contributed by atoms with Gasteiger partial charge in [0.2, 0.25) is 0 Å². The minimum atomic E-state index is -0.560. The molecule has 0 saturated heterocycles. The number of hydrogen-bond acceptors (Lipinski definition) is 1. The molecule has 0 bridgehead atoms. The molecule has 0 unspecified atom stereocenters. The fraction of sp³-hybridized carbons (Fsp3) is 0.938. The minimum Gasteiger partial charge on any atom is -0.481 e. The van der Waals surface area contributed by atoms with E-state index in [0.717, 1.165) is 44.4 Å². The Kier molecular flexibility index (Phi) is 5.16. The van der Waals surface area contributed by atoms with Crippen LogP contribution in [0.25, 0.3) is 0 Å². The maximum Gasteiger partial charge on any atom is 0.309 e. The Morgan fingerprint density at radius 1 is 1.16 bits per heavy atom. The number of hydrogen-bond donors (Lipinski definition) is 1. The van der Waals surface area contributed by atoms with Crippen molar-refractivity contribution >= 4 is 17.6 Å². The molecule has 2 nitrogen and oxygen atoms in total. The normalized spacial score (nSPS) is 40.0. The van der Waals surface area contributed by atoms with Gasteiger partial charge in [-0.3, -0.25) is 4.79 Å². The Hall–Kier alpha value is -0.240. The number of rotatable bonds is 4. The monoisotopic (exact) mass is 286 g/mol. The van der Waals surface area contributed by atoms with Crippen LogP contribution in [0.3, 0.4) is 0 Å². The van der Waals surface area contributed by atoms with Gasteiger partial charge in [0.15, 0.2) is 0 Å². The summed E-state index contributed by atoms with van der Waals surface area (Å²) in [6.45, 7) is 2.24. The van der Waals surface area contributed by atoms with Crippen molar-refractivity contribution in [2.45, 2.75) is 76.5 Å². The SMILES string of the molecule is CCCC1CCC(C2(C(=O)O)CCC(Cl)CC2)CC1. The van der Waals surface area contributed by atoms with Gasteiger partial charge in [-0.15, -0.1) is 11.6 Å². The summed E-state index contributed by atoms with van der Waals surface area (Å²) in [5, 5.41) is 9.95. The summed E-state index contributed by atoms with van der Waals surface area (Å²) in [5.74, 6) is 0.675. The molecular weight excluding hydrogens is 260 g/mol. The van der Waals surface area contributed by atoms with Crippen molar-refractivity contribution < 1.29 is 9.90 Å². The van der Waals surface area contributed by atoms with Gasteiger partial charge in [-0.05, 0) is 50.4 Å². The second kappa shape index (κ2) is 6.47. The van der Waals surface area contributed by atoms with Crippen LogP contribution >= 0.6 is 11.6 Å². The van der Waals surface area contributed by atoms with Crippen LogP contribution in [0.15, 0.2) is 0 Å². The highest BCUT2D eigenvalue weighted by molar-refractivity contribution is 6.20. The van der Waals surface area contributed by atoms with Crippen molar-refractivity contribution in [2.24, 2.45) is 17.3 Å². The second-order valence-corrected chi connectivity index (χ2v) is 7.26. The van der Waals surface area contributed by atoms with Crippen LogP contribution in [-0.4, -0.2) is 16.5 Å². The predicted molar refractivity (Wildman–Crippen MR) is 78.5 cm³/mol. The van der Waals surface area contributed by atoms with Gasteiger partial charge in [-0.2, -0.15) is 0 Å². The van der Waals surface area contributed by atoms with Gasteiger partial charge in [-0.1, -0.05) is 32.6 Å². The first-order valence-electron chi connectivity index (χ1n) is 7.96. The van der Waals surface area contributed by atoms with E-state index in [1.807, 2.05) is 0 Å². The quantitative estimate of drug-likeness (QED) is 0.751. The smallest absolute Gasteiger partial charge is 0.309 e. The molecule has 0 aromatic carbocycles. The van der Waals surface area contributed by atoms with E-state index in [2.05, 4.69) is 6.92 Å². The van der Waals surface area contributed by atoms with Gasteiger partial charge < -0.3 is 5.11 Å². The first kappa shape index (κ1) is 15.2. The summed E-state index contributed by atoms with van der Waals surface area (Å²) in [6, 6.07) is 0. The van der Waals surface area contributed by atoms with E-state index >= 15 is 0 Å². The van der Waals surface area contributed by atoms with E-state index in [1.165, 1.54) is 25.7 Å². The van der Waals surface area contributed by atoms with E-state index in [9.17, 15) is 9.90 Å². The standard InChI is InChI=1S/C16H27ClO2/c1-2-3-12-4-6-13(7-5-12)16(15(18)19)10-8-14(17)9-11-16/h12-14H,2-11H2,1H3,(H,18,19). The summed E-state index contributed by atoms with van der Waals surface area (Å²) in [7, 11) is 0. The van der Waals surface area contributed by atoms with Crippen molar-refractivity contribution in [3.8, 4) is 0 Å². The lowest BCUT2D eigenvalue weighted by atomic mass is 9.60. The number of carbonyl (C=O) groups is 1. The molecule has 19 heavy (non-hydrogen) atoms. The zero-order valence-electron chi connectivity index (χ0n) is 12.0. The molecule has 0 atom stereocenters. The van der Waals surface area contributed by atoms with Crippen molar-refractivity contribution in [3.63, 3.8) is 0 Å². The molecule has 2 aliphatic rings. The lowest BCUT2D eigenvalue weighted by molar-refractivity contribution is -0.156. The van der Waals surface area contributed by atoms with Crippen LogP contribution in [-0.2, 0) is 4.79 Å². The maximum atomic E-state index is 11.8. The average molecular weight is 287 g/mol. The Morgan fingerprint density at radius 2 is 1.74 bits per heavy atom. The van der Waals surface area contributed by atoms with Gasteiger partial charge in [-0.25, -0.2) is 0 Å². The Balaban J connectivity index is 1.99. The van der Waals surface area contributed by atoms with Crippen LogP contribution < -0.4 is 0 Å². The topological polar surface area (TPSA) is 37.3 Å². The summed E-state index contributed by atoms with van der Waals surface area (Å²) >= 11 is 6.16. The molecule has 2 rings (SSSR count). The number of carboxylic acids is 1. The third-order valence-corrected chi connectivity index (χ3v) is 5.99. The molecule has 0 aromatic rings. The maximum absolute atomic E-state index is 11.8. The number of halogens is 1. The van der Waals surface area contributed by atoms with Gasteiger partial charge >= 0.3 is 5.97 Å². The van der Waals surface area contributed by atoms with Crippen LogP contribution in [0.1, 0.15) is 71.1 Å². The first-order valence-corrected chi connectivity index (χ1v) is 8.39. The first-order chi connectivity index (χ1) is 9.08. The lowest BCUT2D eigenvalue weighted by Gasteiger charge is -2.44. The Bertz CT molecular complexity index is 300. The zero-order chi connectivity index (χ0) is 13.9. The van der Waals surface area contributed by atoms with E-state index in [-0.39, 0.29) is 5.38 Å². The molecule has 0 aromatic heterocycles. The third-order valence-electron chi connectivity index (χ3n) is 5.56. The average Bonchev–Trinajstić information content (AvgIpc) is 2.41. The Morgan fingerprint density at radius 3 is 2.21 bits per heavy atom. The lowest BCUT2D eigenvalue weighted by Crippen LogP contribution is -2.43. The van der Waals surface area contributed by atoms with Gasteiger partial charge in [0, 0.05) is 5.38 Å². The van der Waals surface area contributed by atoms with Crippen molar-refractivity contribution in [1.29, 1.82) is 0 Å². The van der Waals surface area contributed by atoms with Crippen LogP contribution in [0, 0.1) is 17.3 Å². The van der Waals surface area contributed by atoms with E-state index < -0.39 is 11.4 Å². The fourth-order valence-electron chi connectivity index (χ4n) is 4.31. The molecule has 0 spiro atoms. The van der Waals surface area contributed by atoms with Crippen molar-refractivity contribution in [1.82, 2.24) is 0 Å². The van der Waals surface area contributed by atoms with E-state index in [1.54, 1.807) is 0 Å². The van der Waals surface area contributed by atoms with Gasteiger partial charge in [0.25, 0.3) is 0 Å². The summed E-state index contributed by atoms with van der Waals surface area (Å²) < 4.78 is 0. The molecular formula is C16H27ClO2.